The lowest BCUT2D eigenvalue weighted by molar-refractivity contribution is 0.149. The van der Waals surface area contributed by atoms with Crippen LogP contribution < -0.4 is 10.6 Å². The van der Waals surface area contributed by atoms with Gasteiger partial charge in [0.25, 0.3) is 0 Å². The predicted octanol–water partition coefficient (Wildman–Crippen LogP) is 0.932. The van der Waals surface area contributed by atoms with Crippen molar-refractivity contribution in [2.24, 2.45) is 5.92 Å². The van der Waals surface area contributed by atoms with E-state index < -0.39 is 0 Å². The summed E-state index contributed by atoms with van der Waals surface area (Å²) in [6.07, 6.45) is 6.24. The van der Waals surface area contributed by atoms with Crippen LogP contribution in [0.5, 0.6) is 0 Å². The van der Waals surface area contributed by atoms with Crippen molar-refractivity contribution in [3.8, 4) is 0 Å². The van der Waals surface area contributed by atoms with Crippen LogP contribution in [0.4, 0.5) is 4.79 Å². The second-order valence-electron chi connectivity index (χ2n) is 5.45. The Morgan fingerprint density at radius 3 is 3.00 bits per heavy atom. The Kier molecular flexibility index (Phi) is 2.75. The van der Waals surface area contributed by atoms with Gasteiger partial charge in [-0.3, -0.25) is 0 Å². The molecule has 0 aromatic rings. The summed E-state index contributed by atoms with van der Waals surface area (Å²) in [6.45, 7) is 3.00. The lowest BCUT2D eigenvalue weighted by atomic mass is 10.0. The molecular weight excluding hydrogens is 202 g/mol. The second kappa shape index (κ2) is 4.24. The van der Waals surface area contributed by atoms with Crippen molar-refractivity contribution in [2.75, 3.05) is 19.6 Å². The molecule has 3 fully saturated rings. The Hall–Kier alpha value is -0.770. The molecule has 0 radical (unpaired) electrons. The van der Waals surface area contributed by atoms with Crippen molar-refractivity contribution in [3.63, 3.8) is 0 Å². The lowest BCUT2D eigenvalue weighted by Gasteiger charge is -2.37. The average Bonchev–Trinajstić information content (AvgIpc) is 2.89. The summed E-state index contributed by atoms with van der Waals surface area (Å²) in [5.74, 6) is 0.708. The molecule has 2 N–H and O–H groups in total. The van der Waals surface area contributed by atoms with E-state index in [0.29, 0.717) is 18.0 Å². The van der Waals surface area contributed by atoms with Gasteiger partial charge in [0.1, 0.15) is 0 Å². The van der Waals surface area contributed by atoms with Crippen LogP contribution in [0.15, 0.2) is 0 Å². The molecule has 1 saturated carbocycles. The molecular formula is C12H21N3O. The van der Waals surface area contributed by atoms with Crippen molar-refractivity contribution in [2.45, 2.75) is 44.2 Å². The molecule has 0 aromatic heterocycles. The van der Waals surface area contributed by atoms with Gasteiger partial charge in [0.05, 0.1) is 0 Å². The van der Waals surface area contributed by atoms with E-state index in [-0.39, 0.29) is 6.03 Å². The summed E-state index contributed by atoms with van der Waals surface area (Å²) in [5, 5.41) is 6.62. The van der Waals surface area contributed by atoms with E-state index in [1.807, 2.05) is 4.90 Å². The van der Waals surface area contributed by atoms with Gasteiger partial charge in [-0.1, -0.05) is 6.42 Å². The molecule has 3 aliphatic rings. The highest BCUT2D eigenvalue weighted by Gasteiger charge is 2.37. The molecule has 3 atom stereocenters. The standard InChI is InChI=1S/C12H21N3O/c16-12-14-11-5-1-3-9(11)7-15(12)8-10-4-2-6-13-10/h9-11,13H,1-8H2,(H,14,16). The molecule has 0 aromatic carbocycles. The van der Waals surface area contributed by atoms with Crippen LogP contribution in [0.1, 0.15) is 32.1 Å². The minimum atomic E-state index is 0.164. The number of nitrogens with one attached hydrogen (secondary N) is 2. The van der Waals surface area contributed by atoms with Crippen molar-refractivity contribution >= 4 is 6.03 Å². The lowest BCUT2D eigenvalue weighted by Crippen LogP contribution is -2.57. The normalized spacial score (nSPS) is 38.6. The number of urea groups is 1. The van der Waals surface area contributed by atoms with Gasteiger partial charge in [0.2, 0.25) is 0 Å². The summed E-state index contributed by atoms with van der Waals surface area (Å²) in [4.78, 5) is 13.9. The van der Waals surface area contributed by atoms with E-state index >= 15 is 0 Å². The molecule has 16 heavy (non-hydrogen) atoms. The van der Waals surface area contributed by atoms with E-state index in [0.717, 1.165) is 19.6 Å². The van der Waals surface area contributed by atoms with E-state index in [1.165, 1.54) is 32.1 Å². The fourth-order valence-electron chi connectivity index (χ4n) is 3.40. The summed E-state index contributed by atoms with van der Waals surface area (Å²) in [5.41, 5.74) is 0. The number of hydrogen-bond acceptors (Lipinski definition) is 2. The van der Waals surface area contributed by atoms with Gasteiger partial charge in [-0.2, -0.15) is 0 Å². The third-order valence-electron chi connectivity index (χ3n) is 4.31. The molecule has 1 aliphatic carbocycles. The number of hydrogen-bond donors (Lipinski definition) is 2. The Labute approximate surface area is 96.8 Å². The molecule has 2 heterocycles. The minimum Gasteiger partial charge on any atom is -0.335 e. The molecule has 2 aliphatic heterocycles. The van der Waals surface area contributed by atoms with Crippen molar-refractivity contribution in [1.82, 2.24) is 15.5 Å². The summed E-state index contributed by atoms with van der Waals surface area (Å²) >= 11 is 0. The minimum absolute atomic E-state index is 0.164. The number of amides is 2. The van der Waals surface area contributed by atoms with E-state index in [1.54, 1.807) is 0 Å². The van der Waals surface area contributed by atoms with E-state index in [9.17, 15) is 4.79 Å². The number of carbonyl (C=O) groups is 1. The predicted molar refractivity (Wildman–Crippen MR) is 62.3 cm³/mol. The molecule has 4 heteroatoms. The summed E-state index contributed by atoms with van der Waals surface area (Å²) in [6, 6.07) is 1.17. The number of carbonyl (C=O) groups excluding carboxylic acids is 1. The molecule has 90 valence electrons. The highest BCUT2D eigenvalue weighted by molar-refractivity contribution is 5.75. The highest BCUT2D eigenvalue weighted by Crippen LogP contribution is 2.29. The van der Waals surface area contributed by atoms with Crippen LogP contribution in [0, 0.1) is 5.92 Å². The molecule has 3 rings (SSSR count). The van der Waals surface area contributed by atoms with Crippen LogP contribution in [-0.2, 0) is 0 Å². The first-order chi connectivity index (χ1) is 7.83. The SMILES string of the molecule is O=C1NC2CCCC2CN1CC1CCCN1. The number of rotatable bonds is 2. The molecule has 3 unspecified atom stereocenters. The van der Waals surface area contributed by atoms with E-state index in [4.69, 9.17) is 0 Å². The Bertz CT molecular complexity index is 273. The molecule has 2 saturated heterocycles. The first kappa shape index (κ1) is 10.4. The van der Waals surface area contributed by atoms with Crippen LogP contribution in [0.25, 0.3) is 0 Å². The summed E-state index contributed by atoms with van der Waals surface area (Å²) in [7, 11) is 0. The average molecular weight is 223 g/mol. The van der Waals surface area contributed by atoms with Crippen molar-refractivity contribution in [1.29, 1.82) is 0 Å². The van der Waals surface area contributed by atoms with Crippen LogP contribution in [0.2, 0.25) is 0 Å². The quantitative estimate of drug-likeness (QED) is 0.731. The Morgan fingerprint density at radius 2 is 2.19 bits per heavy atom. The third kappa shape index (κ3) is 1.90. The maximum atomic E-state index is 11.9. The van der Waals surface area contributed by atoms with Crippen molar-refractivity contribution in [3.05, 3.63) is 0 Å². The molecule has 4 nitrogen and oxygen atoms in total. The zero-order valence-electron chi connectivity index (χ0n) is 9.74. The Morgan fingerprint density at radius 1 is 1.25 bits per heavy atom. The zero-order valence-corrected chi connectivity index (χ0v) is 9.74. The second-order valence-corrected chi connectivity index (χ2v) is 5.45. The van der Waals surface area contributed by atoms with Crippen molar-refractivity contribution < 1.29 is 4.79 Å². The fraction of sp³-hybridized carbons (Fsp3) is 0.917. The maximum absolute atomic E-state index is 11.9. The monoisotopic (exact) mass is 223 g/mol. The number of nitrogens with zero attached hydrogens (tertiary/aromatic N) is 1. The highest BCUT2D eigenvalue weighted by atomic mass is 16.2. The van der Waals surface area contributed by atoms with Gasteiger partial charge < -0.3 is 15.5 Å². The van der Waals surface area contributed by atoms with Gasteiger partial charge in [-0.15, -0.1) is 0 Å². The third-order valence-corrected chi connectivity index (χ3v) is 4.31. The summed E-state index contributed by atoms with van der Waals surface area (Å²) < 4.78 is 0. The van der Waals surface area contributed by atoms with Crippen LogP contribution in [-0.4, -0.2) is 42.6 Å². The molecule has 0 bridgehead atoms. The van der Waals surface area contributed by atoms with Gasteiger partial charge in [0.15, 0.2) is 0 Å². The topological polar surface area (TPSA) is 44.4 Å². The van der Waals surface area contributed by atoms with Gasteiger partial charge >= 0.3 is 6.03 Å². The van der Waals surface area contributed by atoms with Crippen LogP contribution in [0.3, 0.4) is 0 Å². The largest absolute Gasteiger partial charge is 0.335 e. The molecule has 2 amide bonds. The first-order valence-corrected chi connectivity index (χ1v) is 6.62. The van der Waals surface area contributed by atoms with Gasteiger partial charge in [-0.05, 0) is 38.1 Å². The van der Waals surface area contributed by atoms with Crippen LogP contribution >= 0.6 is 0 Å². The van der Waals surface area contributed by atoms with Gasteiger partial charge in [-0.25, -0.2) is 4.79 Å². The first-order valence-electron chi connectivity index (χ1n) is 6.62. The Balaban J connectivity index is 1.59. The van der Waals surface area contributed by atoms with Gasteiger partial charge in [0, 0.05) is 25.2 Å². The smallest absolute Gasteiger partial charge is 0.317 e. The number of fused-ring (bicyclic) bond motifs is 1. The molecule has 0 spiro atoms. The maximum Gasteiger partial charge on any atom is 0.317 e. The fourth-order valence-corrected chi connectivity index (χ4v) is 3.40. The zero-order chi connectivity index (χ0) is 11.0. The van der Waals surface area contributed by atoms with E-state index in [2.05, 4.69) is 10.6 Å².